The van der Waals surface area contributed by atoms with Crippen LogP contribution in [0.3, 0.4) is 0 Å². The molecular weight excluding hydrogens is 418 g/mol. The van der Waals surface area contributed by atoms with E-state index < -0.39 is 11.9 Å². The molecule has 0 aliphatic carbocycles. The zero-order valence-corrected chi connectivity index (χ0v) is 17.8. The number of carbonyl (C=O) groups is 3. The van der Waals surface area contributed by atoms with Crippen LogP contribution in [-0.4, -0.2) is 48.1 Å². The first kappa shape index (κ1) is 22.1. The summed E-state index contributed by atoms with van der Waals surface area (Å²) in [4.78, 5) is 41.8. The van der Waals surface area contributed by atoms with E-state index in [9.17, 15) is 14.4 Å². The van der Waals surface area contributed by atoms with Gasteiger partial charge in [-0.2, -0.15) is 0 Å². The largest absolute Gasteiger partial charge is 0.484 e. The van der Waals surface area contributed by atoms with Crippen LogP contribution in [0.4, 0.5) is 5.69 Å². The third kappa shape index (κ3) is 5.52. The van der Waals surface area contributed by atoms with Crippen molar-refractivity contribution in [3.05, 3.63) is 64.6 Å². The van der Waals surface area contributed by atoms with E-state index in [-0.39, 0.29) is 12.5 Å². The number of ether oxygens (including phenoxy) is 2. The van der Waals surface area contributed by atoms with E-state index in [2.05, 4.69) is 4.99 Å². The predicted octanol–water partition coefficient (Wildman–Crippen LogP) is 2.96. The highest BCUT2D eigenvalue weighted by Crippen LogP contribution is 2.34. The Kier molecular flexibility index (Phi) is 7.09. The Labute approximate surface area is 183 Å². The maximum Gasteiger partial charge on any atom is 0.337 e. The van der Waals surface area contributed by atoms with Crippen molar-refractivity contribution in [2.24, 2.45) is 10.7 Å². The molecule has 0 saturated carbocycles. The molecule has 1 aliphatic heterocycles. The number of carbonyl (C=O) groups excluding carboxylic acids is 3. The number of nitrogens with two attached hydrogens (primary N) is 1. The van der Waals surface area contributed by atoms with Gasteiger partial charge in [0.05, 0.1) is 23.3 Å². The molecule has 0 unspecified atom stereocenters. The molecule has 2 aromatic carbocycles. The van der Waals surface area contributed by atoms with Crippen LogP contribution >= 0.6 is 11.8 Å². The number of amides is 2. The number of amidine groups is 1. The number of likely N-dealkylation sites (N-methyl/N-ethyl adjacent to an activating group) is 1. The van der Waals surface area contributed by atoms with Crippen molar-refractivity contribution in [1.29, 1.82) is 0 Å². The van der Waals surface area contributed by atoms with Crippen LogP contribution < -0.4 is 10.5 Å². The summed E-state index contributed by atoms with van der Waals surface area (Å²) in [6.45, 7) is 2.16. The molecule has 0 atom stereocenters. The standard InChI is InChI=1S/C22H21N3O5S/c1-3-25-20(27)18(12-14-4-10-17(11-5-14)30-13-19(23)26)31-22(25)24-16-8-6-15(7-9-16)21(28)29-2/h4-12H,3,13H2,1-2H3,(H2,23,26)/b18-12+,24-22?. The predicted molar refractivity (Wildman–Crippen MR) is 119 cm³/mol. The summed E-state index contributed by atoms with van der Waals surface area (Å²) in [5, 5.41) is 0.561. The highest BCUT2D eigenvalue weighted by atomic mass is 32.2. The molecule has 0 bridgehead atoms. The fourth-order valence-electron chi connectivity index (χ4n) is 2.74. The molecule has 8 nitrogen and oxygen atoms in total. The summed E-state index contributed by atoms with van der Waals surface area (Å²) in [6, 6.07) is 13.6. The summed E-state index contributed by atoms with van der Waals surface area (Å²) >= 11 is 1.28. The number of methoxy groups -OCH3 is 1. The summed E-state index contributed by atoms with van der Waals surface area (Å²) < 4.78 is 9.93. The monoisotopic (exact) mass is 439 g/mol. The molecule has 2 N–H and O–H groups in total. The number of hydrogen-bond acceptors (Lipinski definition) is 7. The summed E-state index contributed by atoms with van der Waals surface area (Å²) in [7, 11) is 1.33. The lowest BCUT2D eigenvalue weighted by Crippen LogP contribution is -2.28. The molecule has 1 fully saturated rings. The second-order valence-corrected chi connectivity index (χ2v) is 7.43. The van der Waals surface area contributed by atoms with Gasteiger partial charge < -0.3 is 15.2 Å². The molecular formula is C22H21N3O5S. The normalized spacial score (nSPS) is 16.1. The number of hydrogen-bond donors (Lipinski definition) is 1. The highest BCUT2D eigenvalue weighted by Gasteiger charge is 2.32. The molecule has 31 heavy (non-hydrogen) atoms. The van der Waals surface area contributed by atoms with E-state index in [0.717, 1.165) is 5.56 Å². The van der Waals surface area contributed by atoms with Crippen molar-refractivity contribution in [1.82, 2.24) is 4.90 Å². The minimum atomic E-state index is -0.550. The Morgan fingerprint density at radius 3 is 2.39 bits per heavy atom. The Bertz CT molecular complexity index is 1050. The number of nitrogens with zero attached hydrogens (tertiary/aromatic N) is 2. The van der Waals surface area contributed by atoms with Crippen molar-refractivity contribution in [2.75, 3.05) is 20.3 Å². The number of aliphatic imine (C=N–C) groups is 1. The Morgan fingerprint density at radius 1 is 1.13 bits per heavy atom. The second-order valence-electron chi connectivity index (χ2n) is 6.42. The Balaban J connectivity index is 1.78. The van der Waals surface area contributed by atoms with Gasteiger partial charge >= 0.3 is 5.97 Å². The molecule has 0 radical (unpaired) electrons. The van der Waals surface area contributed by atoms with Crippen molar-refractivity contribution in [3.8, 4) is 5.75 Å². The van der Waals surface area contributed by atoms with Gasteiger partial charge in [-0.1, -0.05) is 12.1 Å². The van der Waals surface area contributed by atoms with E-state index in [1.54, 1.807) is 59.5 Å². The average Bonchev–Trinajstić information content (AvgIpc) is 3.06. The molecule has 1 heterocycles. The lowest BCUT2D eigenvalue weighted by atomic mass is 10.2. The molecule has 0 spiro atoms. The molecule has 0 aromatic heterocycles. The van der Waals surface area contributed by atoms with Gasteiger partial charge in [0.25, 0.3) is 11.8 Å². The summed E-state index contributed by atoms with van der Waals surface area (Å²) in [5.41, 5.74) is 6.93. The average molecular weight is 439 g/mol. The van der Waals surface area contributed by atoms with Crippen LogP contribution in [-0.2, 0) is 14.3 Å². The topological polar surface area (TPSA) is 111 Å². The molecule has 9 heteroatoms. The van der Waals surface area contributed by atoms with E-state index >= 15 is 0 Å². The van der Waals surface area contributed by atoms with Gasteiger partial charge in [0.2, 0.25) is 0 Å². The first-order valence-electron chi connectivity index (χ1n) is 9.41. The fourth-order valence-corrected chi connectivity index (χ4v) is 3.80. The van der Waals surface area contributed by atoms with Crippen molar-refractivity contribution >= 4 is 46.5 Å². The van der Waals surface area contributed by atoms with E-state index in [4.69, 9.17) is 15.2 Å². The van der Waals surface area contributed by atoms with Crippen molar-refractivity contribution in [2.45, 2.75) is 6.92 Å². The van der Waals surface area contributed by atoms with Gasteiger partial charge in [0.1, 0.15) is 5.75 Å². The minimum Gasteiger partial charge on any atom is -0.484 e. The number of rotatable bonds is 7. The quantitative estimate of drug-likeness (QED) is 0.524. The van der Waals surface area contributed by atoms with Gasteiger partial charge in [-0.05, 0) is 66.7 Å². The molecule has 1 saturated heterocycles. The Hall–Kier alpha value is -3.59. The molecule has 1 aliphatic rings. The van der Waals surface area contributed by atoms with Crippen LogP contribution in [0.15, 0.2) is 58.4 Å². The van der Waals surface area contributed by atoms with Crippen molar-refractivity contribution < 1.29 is 23.9 Å². The van der Waals surface area contributed by atoms with Crippen molar-refractivity contribution in [3.63, 3.8) is 0 Å². The van der Waals surface area contributed by atoms with Gasteiger partial charge in [0, 0.05) is 6.54 Å². The van der Waals surface area contributed by atoms with Crippen LogP contribution in [0.5, 0.6) is 5.75 Å². The zero-order valence-electron chi connectivity index (χ0n) is 17.0. The lowest BCUT2D eigenvalue weighted by Gasteiger charge is -2.12. The van der Waals surface area contributed by atoms with E-state index in [1.165, 1.54) is 18.9 Å². The van der Waals surface area contributed by atoms with E-state index in [1.807, 2.05) is 6.92 Å². The van der Waals surface area contributed by atoms with Gasteiger partial charge in [-0.25, -0.2) is 9.79 Å². The molecule has 2 amide bonds. The zero-order chi connectivity index (χ0) is 22.4. The maximum atomic E-state index is 12.8. The SMILES string of the molecule is CCN1C(=O)/C(=C\c2ccc(OCC(N)=O)cc2)SC1=Nc1ccc(C(=O)OC)cc1. The number of primary amides is 1. The third-order valence-electron chi connectivity index (χ3n) is 4.28. The van der Waals surface area contributed by atoms with Crippen LogP contribution in [0.1, 0.15) is 22.8 Å². The highest BCUT2D eigenvalue weighted by molar-refractivity contribution is 8.18. The number of thioether (sulfide) groups is 1. The summed E-state index contributed by atoms with van der Waals surface area (Å²) in [5.74, 6) is -0.590. The van der Waals surface area contributed by atoms with Crippen LogP contribution in [0.25, 0.3) is 6.08 Å². The van der Waals surface area contributed by atoms with Crippen LogP contribution in [0.2, 0.25) is 0 Å². The number of esters is 1. The molecule has 3 rings (SSSR count). The third-order valence-corrected chi connectivity index (χ3v) is 5.28. The minimum absolute atomic E-state index is 0.133. The number of benzene rings is 2. The first-order valence-corrected chi connectivity index (χ1v) is 10.2. The second kappa shape index (κ2) is 9.94. The lowest BCUT2D eigenvalue weighted by molar-refractivity contribution is -0.122. The van der Waals surface area contributed by atoms with Gasteiger partial charge in [0.15, 0.2) is 11.8 Å². The molecule has 2 aromatic rings. The van der Waals surface area contributed by atoms with Gasteiger partial charge in [-0.15, -0.1) is 0 Å². The van der Waals surface area contributed by atoms with Crippen LogP contribution in [0, 0.1) is 0 Å². The van der Waals surface area contributed by atoms with E-state index in [0.29, 0.717) is 33.6 Å². The maximum absolute atomic E-state index is 12.8. The smallest absolute Gasteiger partial charge is 0.337 e. The Morgan fingerprint density at radius 2 is 1.81 bits per heavy atom. The summed E-state index contributed by atoms with van der Waals surface area (Å²) in [6.07, 6.45) is 1.77. The first-order chi connectivity index (χ1) is 14.9. The molecule has 160 valence electrons. The fraction of sp³-hybridized carbons (Fsp3) is 0.182. The van der Waals surface area contributed by atoms with Gasteiger partial charge in [-0.3, -0.25) is 14.5 Å².